The summed E-state index contributed by atoms with van der Waals surface area (Å²) in [5.41, 5.74) is 0. The van der Waals surface area contributed by atoms with Gasteiger partial charge in [0.05, 0.1) is 13.2 Å². The number of allylic oxidation sites excluding steroid dienone is 1. The number of carbonyl (C=O) groups is 1. The zero-order valence-electron chi connectivity index (χ0n) is 11.0. The molecule has 0 aromatic carbocycles. The molecule has 0 aliphatic carbocycles. The quantitative estimate of drug-likeness (QED) is 0.482. The Morgan fingerprint density at radius 2 is 1.67 bits per heavy atom. The van der Waals surface area contributed by atoms with Gasteiger partial charge in [0.1, 0.15) is 0 Å². The van der Waals surface area contributed by atoms with E-state index in [-0.39, 0.29) is 6.29 Å². The number of unbranched alkanes of at least 4 members (excludes halogenated alkanes) is 6. The van der Waals surface area contributed by atoms with Gasteiger partial charge in [-0.15, -0.1) is 0 Å². The van der Waals surface area contributed by atoms with Crippen LogP contribution in [0.5, 0.6) is 0 Å². The molecule has 1 rings (SSSR count). The Balaban J connectivity index is 1.79. The van der Waals surface area contributed by atoms with Crippen molar-refractivity contribution in [2.75, 3.05) is 13.2 Å². The lowest BCUT2D eigenvalue weighted by atomic mass is 10.1. The first-order valence-electron chi connectivity index (χ1n) is 6.90. The molecule has 0 amide bonds. The molecule has 1 fully saturated rings. The predicted octanol–water partition coefficient (Wildman–Crippen LogP) is 3.12. The Labute approximate surface area is 109 Å². The highest BCUT2D eigenvalue weighted by Gasteiger charge is 2.10. The lowest BCUT2D eigenvalue weighted by Gasteiger charge is -2.01. The second kappa shape index (κ2) is 10.1. The Morgan fingerprint density at radius 1 is 1.06 bits per heavy atom. The van der Waals surface area contributed by atoms with Crippen molar-refractivity contribution in [2.24, 2.45) is 0 Å². The van der Waals surface area contributed by atoms with Crippen LogP contribution in [-0.4, -0.2) is 30.6 Å². The van der Waals surface area contributed by atoms with Gasteiger partial charge in [0.25, 0.3) is 0 Å². The second-order valence-corrected chi connectivity index (χ2v) is 4.59. The number of rotatable bonds is 10. The highest BCUT2D eigenvalue weighted by atomic mass is 16.7. The summed E-state index contributed by atoms with van der Waals surface area (Å²) in [6.45, 7) is 1.40. The number of hydrogen-bond donors (Lipinski definition) is 1. The van der Waals surface area contributed by atoms with Gasteiger partial charge in [0.2, 0.25) is 0 Å². The molecule has 0 spiro atoms. The van der Waals surface area contributed by atoms with Gasteiger partial charge in [-0.2, -0.15) is 0 Å². The molecule has 0 radical (unpaired) electrons. The molecule has 1 saturated heterocycles. The van der Waals surface area contributed by atoms with Crippen molar-refractivity contribution in [1.82, 2.24) is 0 Å². The zero-order chi connectivity index (χ0) is 13.1. The summed E-state index contributed by atoms with van der Waals surface area (Å²) in [5, 5.41) is 8.48. The largest absolute Gasteiger partial charge is 0.481 e. The molecule has 4 heteroatoms. The third kappa shape index (κ3) is 8.25. The molecule has 1 N–H and O–H groups in total. The summed E-state index contributed by atoms with van der Waals surface area (Å²) in [6.07, 6.45) is 11.9. The van der Waals surface area contributed by atoms with Gasteiger partial charge in [0, 0.05) is 6.42 Å². The smallest absolute Gasteiger partial charge is 0.303 e. The second-order valence-electron chi connectivity index (χ2n) is 4.59. The molecule has 18 heavy (non-hydrogen) atoms. The van der Waals surface area contributed by atoms with Gasteiger partial charge in [-0.25, -0.2) is 0 Å². The van der Waals surface area contributed by atoms with Gasteiger partial charge >= 0.3 is 5.97 Å². The van der Waals surface area contributed by atoms with E-state index < -0.39 is 5.97 Å². The van der Waals surface area contributed by atoms with Crippen molar-refractivity contribution in [2.45, 2.75) is 57.7 Å². The lowest BCUT2D eigenvalue weighted by molar-refractivity contribution is -0.137. The van der Waals surface area contributed by atoms with Crippen LogP contribution < -0.4 is 0 Å². The summed E-state index contributed by atoms with van der Waals surface area (Å²) in [4.78, 5) is 10.3. The average molecular weight is 256 g/mol. The van der Waals surface area contributed by atoms with Gasteiger partial charge in [0.15, 0.2) is 6.29 Å². The van der Waals surface area contributed by atoms with E-state index in [0.29, 0.717) is 19.6 Å². The number of ether oxygens (including phenoxy) is 2. The SMILES string of the molecule is O=C(O)CCCCCCCC/C=C/C1OCCO1. The standard InChI is InChI=1S/C14H24O4/c15-13(16)9-7-5-3-1-2-4-6-8-10-14-17-11-12-18-14/h8,10,14H,1-7,9,11-12H2,(H,15,16)/b10-8+. The molecule has 0 saturated carbocycles. The average Bonchev–Trinajstić information content (AvgIpc) is 2.84. The summed E-state index contributed by atoms with van der Waals surface area (Å²) in [5.74, 6) is -0.684. The highest BCUT2D eigenvalue weighted by Crippen LogP contribution is 2.10. The summed E-state index contributed by atoms with van der Waals surface area (Å²) in [6, 6.07) is 0. The van der Waals surface area contributed by atoms with Crippen LogP contribution in [0.25, 0.3) is 0 Å². The van der Waals surface area contributed by atoms with Crippen LogP contribution in [0.1, 0.15) is 51.4 Å². The van der Waals surface area contributed by atoms with E-state index >= 15 is 0 Å². The fraction of sp³-hybridized carbons (Fsp3) is 0.786. The van der Waals surface area contributed by atoms with Crippen molar-refractivity contribution in [3.05, 3.63) is 12.2 Å². The molecule has 104 valence electrons. The van der Waals surface area contributed by atoms with Gasteiger partial charge in [-0.3, -0.25) is 4.79 Å². The van der Waals surface area contributed by atoms with Crippen LogP contribution >= 0.6 is 0 Å². The predicted molar refractivity (Wildman–Crippen MR) is 69.4 cm³/mol. The van der Waals surface area contributed by atoms with E-state index in [2.05, 4.69) is 6.08 Å². The summed E-state index contributed by atoms with van der Waals surface area (Å²) in [7, 11) is 0. The monoisotopic (exact) mass is 256 g/mol. The molecular formula is C14H24O4. The Bertz CT molecular complexity index is 244. The third-order valence-corrected chi connectivity index (χ3v) is 2.95. The number of carboxylic acids is 1. The van der Waals surface area contributed by atoms with E-state index in [1.807, 2.05) is 6.08 Å². The first kappa shape index (κ1) is 15.2. The maximum absolute atomic E-state index is 10.3. The lowest BCUT2D eigenvalue weighted by Crippen LogP contribution is -2.01. The van der Waals surface area contributed by atoms with Crippen molar-refractivity contribution in [3.8, 4) is 0 Å². The van der Waals surface area contributed by atoms with E-state index in [9.17, 15) is 4.79 Å². The van der Waals surface area contributed by atoms with Crippen molar-refractivity contribution in [3.63, 3.8) is 0 Å². The van der Waals surface area contributed by atoms with E-state index in [1.165, 1.54) is 19.3 Å². The molecule has 1 aliphatic heterocycles. The van der Waals surface area contributed by atoms with Crippen molar-refractivity contribution in [1.29, 1.82) is 0 Å². The van der Waals surface area contributed by atoms with Crippen LogP contribution in [0.15, 0.2) is 12.2 Å². The molecule has 0 aromatic heterocycles. The Kier molecular flexibility index (Phi) is 8.51. The molecule has 4 nitrogen and oxygen atoms in total. The highest BCUT2D eigenvalue weighted by molar-refractivity contribution is 5.66. The minimum Gasteiger partial charge on any atom is -0.481 e. The maximum Gasteiger partial charge on any atom is 0.303 e. The van der Waals surface area contributed by atoms with E-state index in [4.69, 9.17) is 14.6 Å². The normalized spacial score (nSPS) is 16.7. The van der Waals surface area contributed by atoms with E-state index in [1.54, 1.807) is 0 Å². The zero-order valence-corrected chi connectivity index (χ0v) is 11.0. The van der Waals surface area contributed by atoms with Gasteiger partial charge in [-0.05, 0) is 25.3 Å². The van der Waals surface area contributed by atoms with Crippen LogP contribution in [0.4, 0.5) is 0 Å². The first-order valence-corrected chi connectivity index (χ1v) is 6.90. The Hall–Kier alpha value is -0.870. The fourth-order valence-corrected chi connectivity index (χ4v) is 1.94. The summed E-state index contributed by atoms with van der Waals surface area (Å²) >= 11 is 0. The van der Waals surface area contributed by atoms with Crippen LogP contribution in [0.3, 0.4) is 0 Å². The summed E-state index contributed by atoms with van der Waals surface area (Å²) < 4.78 is 10.6. The number of hydrogen-bond acceptors (Lipinski definition) is 3. The van der Waals surface area contributed by atoms with E-state index in [0.717, 1.165) is 25.7 Å². The number of aliphatic carboxylic acids is 1. The van der Waals surface area contributed by atoms with Crippen molar-refractivity contribution < 1.29 is 19.4 Å². The van der Waals surface area contributed by atoms with Gasteiger partial charge in [-0.1, -0.05) is 31.8 Å². The molecule has 1 heterocycles. The first-order chi connectivity index (χ1) is 8.79. The molecular weight excluding hydrogens is 232 g/mol. The minimum atomic E-state index is -0.684. The molecule has 1 aliphatic rings. The molecule has 0 bridgehead atoms. The minimum absolute atomic E-state index is 0.124. The number of carboxylic acid groups (broad SMARTS) is 1. The molecule has 0 unspecified atom stereocenters. The van der Waals surface area contributed by atoms with Crippen molar-refractivity contribution >= 4 is 5.97 Å². The van der Waals surface area contributed by atoms with Crippen LogP contribution in [0.2, 0.25) is 0 Å². The van der Waals surface area contributed by atoms with Crippen LogP contribution in [-0.2, 0) is 14.3 Å². The van der Waals surface area contributed by atoms with Gasteiger partial charge < -0.3 is 14.6 Å². The Morgan fingerprint density at radius 3 is 2.33 bits per heavy atom. The maximum atomic E-state index is 10.3. The molecule has 0 atom stereocenters. The fourth-order valence-electron chi connectivity index (χ4n) is 1.94. The third-order valence-electron chi connectivity index (χ3n) is 2.95. The molecule has 0 aromatic rings. The topological polar surface area (TPSA) is 55.8 Å². The van der Waals surface area contributed by atoms with Crippen LogP contribution in [0, 0.1) is 0 Å².